The normalized spacial score (nSPS) is 23.5. The highest BCUT2D eigenvalue weighted by atomic mass is 16.3. The maximum atomic E-state index is 9.55. The van der Waals surface area contributed by atoms with Crippen LogP contribution in [0.3, 0.4) is 0 Å². The van der Waals surface area contributed by atoms with Crippen LogP contribution in [0.4, 0.5) is 0 Å². The maximum Gasteiger partial charge on any atom is 0.0527 e. The minimum atomic E-state index is -0.196. The Hall–Kier alpha value is -0.930. The van der Waals surface area contributed by atoms with Crippen molar-refractivity contribution in [2.45, 2.75) is 51.3 Å². The van der Waals surface area contributed by atoms with E-state index in [0.717, 1.165) is 19.5 Å². The van der Waals surface area contributed by atoms with Gasteiger partial charge in [-0.2, -0.15) is 0 Å². The third-order valence-corrected chi connectivity index (χ3v) is 3.50. The van der Waals surface area contributed by atoms with Crippen molar-refractivity contribution < 1.29 is 5.11 Å². The number of piperidine rings is 1. The fraction of sp³-hybridized carbons (Fsp3) is 0.643. The molecule has 0 bridgehead atoms. The van der Waals surface area contributed by atoms with Gasteiger partial charge in [-0.1, -0.05) is 6.42 Å². The highest BCUT2D eigenvalue weighted by molar-refractivity contribution is 5.09. The van der Waals surface area contributed by atoms with Crippen LogP contribution in [-0.4, -0.2) is 33.7 Å². The Balaban J connectivity index is 1.96. The molecule has 0 aliphatic carbocycles. The van der Waals surface area contributed by atoms with Crippen LogP contribution in [-0.2, 0) is 6.54 Å². The molecule has 1 aromatic rings. The topological polar surface area (TPSA) is 36.4 Å². The average molecular weight is 234 g/mol. The van der Waals surface area contributed by atoms with E-state index in [2.05, 4.69) is 22.0 Å². The van der Waals surface area contributed by atoms with Gasteiger partial charge in [0.15, 0.2) is 0 Å². The van der Waals surface area contributed by atoms with E-state index in [1.54, 1.807) is 0 Å². The van der Waals surface area contributed by atoms with Gasteiger partial charge in [-0.05, 0) is 50.4 Å². The maximum absolute atomic E-state index is 9.55. The van der Waals surface area contributed by atoms with Gasteiger partial charge in [0.2, 0.25) is 0 Å². The molecule has 1 N–H and O–H groups in total. The van der Waals surface area contributed by atoms with E-state index in [1.807, 2.05) is 19.3 Å². The van der Waals surface area contributed by atoms with E-state index in [0.29, 0.717) is 6.04 Å². The van der Waals surface area contributed by atoms with E-state index >= 15 is 0 Å². The Kier molecular flexibility index (Phi) is 4.51. The van der Waals surface area contributed by atoms with Crippen LogP contribution in [0.2, 0.25) is 0 Å². The quantitative estimate of drug-likeness (QED) is 0.867. The summed E-state index contributed by atoms with van der Waals surface area (Å²) in [6.45, 7) is 4.03. The van der Waals surface area contributed by atoms with E-state index in [4.69, 9.17) is 0 Å². The highest BCUT2D eigenvalue weighted by Gasteiger charge is 2.23. The van der Waals surface area contributed by atoms with Crippen molar-refractivity contribution >= 4 is 0 Å². The summed E-state index contributed by atoms with van der Waals surface area (Å²) in [4.78, 5) is 6.55. The zero-order valence-electron chi connectivity index (χ0n) is 10.5. The van der Waals surface area contributed by atoms with Crippen molar-refractivity contribution in [2.75, 3.05) is 6.54 Å². The third-order valence-electron chi connectivity index (χ3n) is 3.50. The molecule has 1 fully saturated rings. The molecule has 0 saturated carbocycles. The zero-order valence-corrected chi connectivity index (χ0v) is 10.5. The van der Waals surface area contributed by atoms with Crippen LogP contribution in [0, 0.1) is 0 Å². The van der Waals surface area contributed by atoms with Gasteiger partial charge in [0.05, 0.1) is 6.10 Å². The first-order valence-electron chi connectivity index (χ1n) is 6.56. The molecule has 3 heteroatoms. The molecule has 1 aliphatic heterocycles. The van der Waals surface area contributed by atoms with Crippen molar-refractivity contribution in [1.82, 2.24) is 9.88 Å². The first kappa shape index (κ1) is 12.5. The summed E-state index contributed by atoms with van der Waals surface area (Å²) in [7, 11) is 0. The van der Waals surface area contributed by atoms with Gasteiger partial charge in [0, 0.05) is 25.0 Å². The summed E-state index contributed by atoms with van der Waals surface area (Å²) in [5.74, 6) is 0. The number of hydrogen-bond acceptors (Lipinski definition) is 3. The number of aliphatic hydroxyl groups is 1. The molecule has 0 spiro atoms. The number of hydrogen-bond donors (Lipinski definition) is 1. The number of pyridine rings is 1. The average Bonchev–Trinajstić information content (AvgIpc) is 2.32. The third kappa shape index (κ3) is 3.79. The van der Waals surface area contributed by atoms with Crippen molar-refractivity contribution in [3.8, 4) is 0 Å². The SMILES string of the molecule is CC(O)CC1CCCCN1Cc1ccncc1. The molecule has 1 aliphatic rings. The second-order valence-electron chi connectivity index (χ2n) is 5.06. The minimum Gasteiger partial charge on any atom is -0.393 e. The molecular formula is C14H22N2O. The number of aromatic nitrogens is 1. The zero-order chi connectivity index (χ0) is 12.1. The summed E-state index contributed by atoms with van der Waals surface area (Å²) >= 11 is 0. The van der Waals surface area contributed by atoms with E-state index in [-0.39, 0.29) is 6.10 Å². The molecule has 0 amide bonds. The second kappa shape index (κ2) is 6.12. The second-order valence-corrected chi connectivity index (χ2v) is 5.06. The van der Waals surface area contributed by atoms with Crippen molar-refractivity contribution in [3.05, 3.63) is 30.1 Å². The number of rotatable bonds is 4. The lowest BCUT2D eigenvalue weighted by Gasteiger charge is -2.36. The molecule has 17 heavy (non-hydrogen) atoms. The van der Waals surface area contributed by atoms with Gasteiger partial charge in [-0.25, -0.2) is 0 Å². The molecular weight excluding hydrogens is 212 g/mol. The summed E-state index contributed by atoms with van der Waals surface area (Å²) in [6, 6.07) is 4.69. The lowest BCUT2D eigenvalue weighted by molar-refractivity contribution is 0.0817. The molecule has 2 heterocycles. The van der Waals surface area contributed by atoms with Crippen LogP contribution in [0.5, 0.6) is 0 Å². The summed E-state index contributed by atoms with van der Waals surface area (Å²) in [5, 5.41) is 9.55. The smallest absolute Gasteiger partial charge is 0.0527 e. The Morgan fingerprint density at radius 1 is 1.41 bits per heavy atom. The fourth-order valence-electron chi connectivity index (χ4n) is 2.65. The summed E-state index contributed by atoms with van der Waals surface area (Å²) in [5.41, 5.74) is 1.32. The predicted octanol–water partition coefficient (Wildman–Crippen LogP) is 2.21. The molecule has 3 nitrogen and oxygen atoms in total. The Bertz CT molecular complexity index is 326. The highest BCUT2D eigenvalue weighted by Crippen LogP contribution is 2.22. The van der Waals surface area contributed by atoms with Crippen molar-refractivity contribution in [3.63, 3.8) is 0 Å². The molecule has 94 valence electrons. The first-order chi connectivity index (χ1) is 8.25. The number of likely N-dealkylation sites (tertiary alicyclic amines) is 1. The van der Waals surface area contributed by atoms with Gasteiger partial charge in [-0.15, -0.1) is 0 Å². The largest absolute Gasteiger partial charge is 0.393 e. The molecule has 2 atom stereocenters. The van der Waals surface area contributed by atoms with E-state index in [1.165, 1.54) is 24.8 Å². The van der Waals surface area contributed by atoms with Crippen LogP contribution >= 0.6 is 0 Å². The molecule has 1 saturated heterocycles. The van der Waals surface area contributed by atoms with Gasteiger partial charge in [0.25, 0.3) is 0 Å². The Morgan fingerprint density at radius 3 is 2.88 bits per heavy atom. The lowest BCUT2D eigenvalue weighted by atomic mass is 9.96. The van der Waals surface area contributed by atoms with Crippen molar-refractivity contribution in [1.29, 1.82) is 0 Å². The predicted molar refractivity (Wildman–Crippen MR) is 68.6 cm³/mol. The summed E-state index contributed by atoms with van der Waals surface area (Å²) < 4.78 is 0. The van der Waals surface area contributed by atoms with Crippen LogP contribution in [0.15, 0.2) is 24.5 Å². The Morgan fingerprint density at radius 2 is 2.18 bits per heavy atom. The van der Waals surface area contributed by atoms with E-state index in [9.17, 15) is 5.11 Å². The number of aliphatic hydroxyl groups excluding tert-OH is 1. The lowest BCUT2D eigenvalue weighted by Crippen LogP contribution is -2.40. The number of nitrogens with zero attached hydrogens (tertiary/aromatic N) is 2. The standard InChI is InChI=1S/C14H22N2O/c1-12(17)10-14-4-2-3-9-16(14)11-13-5-7-15-8-6-13/h5-8,12,14,17H,2-4,9-11H2,1H3. The van der Waals surface area contributed by atoms with Gasteiger partial charge in [-0.3, -0.25) is 9.88 Å². The van der Waals surface area contributed by atoms with Gasteiger partial charge >= 0.3 is 0 Å². The molecule has 2 unspecified atom stereocenters. The van der Waals surface area contributed by atoms with Crippen LogP contribution < -0.4 is 0 Å². The van der Waals surface area contributed by atoms with Crippen molar-refractivity contribution in [2.24, 2.45) is 0 Å². The minimum absolute atomic E-state index is 0.196. The van der Waals surface area contributed by atoms with Gasteiger partial charge < -0.3 is 5.11 Å². The van der Waals surface area contributed by atoms with Crippen LogP contribution in [0.25, 0.3) is 0 Å². The Labute approximate surface area is 103 Å². The van der Waals surface area contributed by atoms with Gasteiger partial charge in [0.1, 0.15) is 0 Å². The monoisotopic (exact) mass is 234 g/mol. The first-order valence-corrected chi connectivity index (χ1v) is 6.56. The van der Waals surface area contributed by atoms with E-state index < -0.39 is 0 Å². The molecule has 0 radical (unpaired) electrons. The molecule has 1 aromatic heterocycles. The van der Waals surface area contributed by atoms with Crippen LogP contribution in [0.1, 0.15) is 38.2 Å². The fourth-order valence-corrected chi connectivity index (χ4v) is 2.65. The molecule has 2 rings (SSSR count). The molecule has 0 aromatic carbocycles. The summed E-state index contributed by atoms with van der Waals surface area (Å²) in [6.07, 6.45) is 8.19.